The van der Waals surface area contributed by atoms with Crippen LogP contribution in [-0.4, -0.2) is 29.2 Å². The second-order valence-corrected chi connectivity index (χ2v) is 5.22. The number of aromatic nitrogens is 2. The predicted octanol–water partition coefficient (Wildman–Crippen LogP) is 2.32. The normalized spacial score (nSPS) is 10.7. The third-order valence-electron chi connectivity index (χ3n) is 2.99. The fourth-order valence-corrected chi connectivity index (χ4v) is 1.78. The summed E-state index contributed by atoms with van der Waals surface area (Å²) in [5.41, 5.74) is 0. The van der Waals surface area contributed by atoms with E-state index in [9.17, 15) is 4.79 Å². The van der Waals surface area contributed by atoms with Gasteiger partial charge in [-0.1, -0.05) is 37.2 Å². The fraction of sp³-hybridized carbons (Fsp3) is 0.438. The number of benzene rings is 1. The molecule has 0 spiro atoms. The molecule has 0 atom stereocenters. The Hall–Kier alpha value is -2.37. The van der Waals surface area contributed by atoms with Crippen molar-refractivity contribution < 1.29 is 14.1 Å². The summed E-state index contributed by atoms with van der Waals surface area (Å²) in [5, 5.41) is 6.69. The summed E-state index contributed by atoms with van der Waals surface area (Å²) in [5.74, 6) is 2.17. The van der Waals surface area contributed by atoms with E-state index in [1.165, 1.54) is 0 Å². The Morgan fingerprint density at radius 3 is 2.77 bits per heavy atom. The maximum atomic E-state index is 11.7. The van der Waals surface area contributed by atoms with Crippen LogP contribution in [-0.2, 0) is 11.2 Å². The van der Waals surface area contributed by atoms with Gasteiger partial charge in [-0.15, -0.1) is 0 Å². The Labute approximate surface area is 129 Å². The van der Waals surface area contributed by atoms with Crippen LogP contribution in [0.2, 0.25) is 0 Å². The highest BCUT2D eigenvalue weighted by molar-refractivity contribution is 5.75. The zero-order valence-electron chi connectivity index (χ0n) is 12.9. The Morgan fingerprint density at radius 2 is 2.09 bits per heavy atom. The largest absolute Gasteiger partial charge is 0.493 e. The van der Waals surface area contributed by atoms with Gasteiger partial charge in [0.05, 0.1) is 13.0 Å². The first-order chi connectivity index (χ1) is 10.6. The van der Waals surface area contributed by atoms with Crippen LogP contribution in [0.15, 0.2) is 34.9 Å². The molecule has 0 bridgehead atoms. The Kier molecular flexibility index (Phi) is 5.94. The highest BCUT2D eigenvalue weighted by atomic mass is 16.5. The van der Waals surface area contributed by atoms with Gasteiger partial charge in [-0.05, 0) is 12.1 Å². The van der Waals surface area contributed by atoms with Crippen LogP contribution < -0.4 is 10.1 Å². The molecular formula is C16H21N3O3. The topological polar surface area (TPSA) is 77.2 Å². The first kappa shape index (κ1) is 16.0. The van der Waals surface area contributed by atoms with Gasteiger partial charge in [-0.2, -0.15) is 4.98 Å². The van der Waals surface area contributed by atoms with Crippen molar-refractivity contribution in [3.05, 3.63) is 42.0 Å². The molecule has 0 unspecified atom stereocenters. The van der Waals surface area contributed by atoms with Crippen molar-refractivity contribution >= 4 is 5.91 Å². The van der Waals surface area contributed by atoms with Gasteiger partial charge >= 0.3 is 0 Å². The maximum absolute atomic E-state index is 11.7. The summed E-state index contributed by atoms with van der Waals surface area (Å²) in [6.07, 6.45) is 0.875. The minimum Gasteiger partial charge on any atom is -0.493 e. The molecule has 118 valence electrons. The van der Waals surface area contributed by atoms with Crippen LogP contribution in [0.5, 0.6) is 5.75 Å². The monoisotopic (exact) mass is 303 g/mol. The van der Waals surface area contributed by atoms with E-state index < -0.39 is 0 Å². The second-order valence-electron chi connectivity index (χ2n) is 5.22. The molecule has 6 nitrogen and oxygen atoms in total. The van der Waals surface area contributed by atoms with Gasteiger partial charge in [0.1, 0.15) is 5.75 Å². The number of amides is 1. The van der Waals surface area contributed by atoms with Gasteiger partial charge in [-0.3, -0.25) is 4.79 Å². The minimum atomic E-state index is -0.0523. The SMILES string of the molecule is CC(C)c1nc(CCNC(=O)CCOc2ccccc2)no1. The molecule has 2 rings (SSSR count). The second kappa shape index (κ2) is 8.17. The molecule has 1 aromatic heterocycles. The average molecular weight is 303 g/mol. The fourth-order valence-electron chi connectivity index (χ4n) is 1.78. The molecular weight excluding hydrogens is 282 g/mol. The van der Waals surface area contributed by atoms with Crippen LogP contribution in [0.1, 0.15) is 37.9 Å². The zero-order valence-corrected chi connectivity index (χ0v) is 12.9. The third-order valence-corrected chi connectivity index (χ3v) is 2.99. The van der Waals surface area contributed by atoms with E-state index in [2.05, 4.69) is 15.5 Å². The molecule has 0 aliphatic heterocycles. The minimum absolute atomic E-state index is 0.0523. The summed E-state index contributed by atoms with van der Waals surface area (Å²) in [6.45, 7) is 4.83. The standard InChI is InChI=1S/C16H21N3O3/c1-12(2)16-18-14(19-22-16)8-10-17-15(20)9-11-21-13-6-4-3-5-7-13/h3-7,12H,8-11H2,1-2H3,(H,17,20). The molecule has 1 aromatic carbocycles. The highest BCUT2D eigenvalue weighted by Crippen LogP contribution is 2.10. The smallest absolute Gasteiger partial charge is 0.229 e. The molecule has 1 amide bonds. The number of para-hydroxylation sites is 1. The zero-order chi connectivity index (χ0) is 15.8. The lowest BCUT2D eigenvalue weighted by Gasteiger charge is -2.06. The Bertz CT molecular complexity index is 581. The van der Waals surface area contributed by atoms with Crippen LogP contribution in [0, 0.1) is 0 Å². The molecule has 0 saturated carbocycles. The van der Waals surface area contributed by atoms with E-state index >= 15 is 0 Å². The molecule has 0 aliphatic rings. The average Bonchev–Trinajstić information content (AvgIpc) is 2.97. The lowest BCUT2D eigenvalue weighted by molar-refractivity contribution is -0.121. The number of rotatable bonds is 8. The van der Waals surface area contributed by atoms with Crippen molar-refractivity contribution in [3.8, 4) is 5.75 Å². The van der Waals surface area contributed by atoms with Crippen molar-refractivity contribution in [2.24, 2.45) is 0 Å². The number of ether oxygens (including phenoxy) is 1. The summed E-state index contributed by atoms with van der Waals surface area (Å²) in [7, 11) is 0. The lowest BCUT2D eigenvalue weighted by Crippen LogP contribution is -2.27. The summed E-state index contributed by atoms with van der Waals surface area (Å²) in [4.78, 5) is 15.9. The van der Waals surface area contributed by atoms with Crippen LogP contribution in [0.25, 0.3) is 0 Å². The van der Waals surface area contributed by atoms with Crippen molar-refractivity contribution in [1.29, 1.82) is 0 Å². The Morgan fingerprint density at radius 1 is 1.32 bits per heavy atom. The number of nitrogens with one attached hydrogen (secondary N) is 1. The first-order valence-electron chi connectivity index (χ1n) is 7.42. The van der Waals surface area contributed by atoms with Crippen LogP contribution in [0.4, 0.5) is 0 Å². The Balaban J connectivity index is 1.61. The molecule has 6 heteroatoms. The van der Waals surface area contributed by atoms with E-state index in [-0.39, 0.29) is 11.8 Å². The van der Waals surface area contributed by atoms with E-state index in [1.807, 2.05) is 44.2 Å². The molecule has 1 N–H and O–H groups in total. The number of nitrogens with zero attached hydrogens (tertiary/aromatic N) is 2. The van der Waals surface area contributed by atoms with Crippen LogP contribution in [0.3, 0.4) is 0 Å². The maximum Gasteiger partial charge on any atom is 0.229 e. The van der Waals surface area contributed by atoms with Gasteiger partial charge in [0.25, 0.3) is 0 Å². The summed E-state index contributed by atoms with van der Waals surface area (Å²) >= 11 is 0. The van der Waals surface area contributed by atoms with Crippen molar-refractivity contribution in [2.45, 2.75) is 32.6 Å². The van der Waals surface area contributed by atoms with Crippen molar-refractivity contribution in [3.63, 3.8) is 0 Å². The number of carbonyl (C=O) groups is 1. The number of hydrogen-bond donors (Lipinski definition) is 1. The third kappa shape index (κ3) is 5.20. The molecule has 0 saturated heterocycles. The molecule has 22 heavy (non-hydrogen) atoms. The molecule has 0 aliphatic carbocycles. The van der Waals surface area contributed by atoms with Gasteiger partial charge in [0.15, 0.2) is 5.82 Å². The molecule has 2 aromatic rings. The lowest BCUT2D eigenvalue weighted by atomic mass is 10.2. The van der Waals surface area contributed by atoms with Gasteiger partial charge in [0, 0.05) is 18.9 Å². The van der Waals surface area contributed by atoms with E-state index in [1.54, 1.807) is 0 Å². The van der Waals surface area contributed by atoms with Crippen molar-refractivity contribution in [2.75, 3.05) is 13.2 Å². The molecule has 1 heterocycles. The molecule has 0 fully saturated rings. The van der Waals surface area contributed by atoms with E-state index in [0.29, 0.717) is 37.7 Å². The summed E-state index contributed by atoms with van der Waals surface area (Å²) in [6, 6.07) is 9.43. The van der Waals surface area contributed by atoms with Gasteiger partial charge < -0.3 is 14.6 Å². The van der Waals surface area contributed by atoms with E-state index in [0.717, 1.165) is 5.75 Å². The first-order valence-corrected chi connectivity index (χ1v) is 7.42. The number of carbonyl (C=O) groups excluding carboxylic acids is 1. The summed E-state index contributed by atoms with van der Waals surface area (Å²) < 4.78 is 10.6. The quantitative estimate of drug-likeness (QED) is 0.810. The van der Waals surface area contributed by atoms with Crippen LogP contribution >= 0.6 is 0 Å². The van der Waals surface area contributed by atoms with Gasteiger partial charge in [0.2, 0.25) is 11.8 Å². The predicted molar refractivity (Wildman–Crippen MR) is 81.7 cm³/mol. The number of hydrogen-bond acceptors (Lipinski definition) is 5. The van der Waals surface area contributed by atoms with E-state index in [4.69, 9.17) is 9.26 Å². The van der Waals surface area contributed by atoms with Gasteiger partial charge in [-0.25, -0.2) is 0 Å². The highest BCUT2D eigenvalue weighted by Gasteiger charge is 2.10. The molecule has 0 radical (unpaired) electrons. The van der Waals surface area contributed by atoms with Crippen molar-refractivity contribution in [1.82, 2.24) is 15.5 Å².